The Kier molecular flexibility index (Phi) is 6.68. The molecule has 0 fully saturated rings. The number of carboxylic acid groups (broad SMARTS) is 1. The first-order chi connectivity index (χ1) is 15.0. The van der Waals surface area contributed by atoms with Crippen molar-refractivity contribution < 1.29 is 19.4 Å². The molecule has 2 N–H and O–H groups in total. The molecule has 1 aromatic carbocycles. The number of rotatable bonds is 5. The van der Waals surface area contributed by atoms with Gasteiger partial charge in [-0.1, -0.05) is 0 Å². The van der Waals surface area contributed by atoms with Gasteiger partial charge in [-0.3, -0.25) is 9.20 Å². The van der Waals surface area contributed by atoms with Crippen molar-refractivity contribution >= 4 is 29.5 Å². The molecule has 0 aliphatic carbocycles. The number of aromatic nitrogens is 4. The van der Waals surface area contributed by atoms with E-state index >= 15 is 0 Å². The number of imidazole rings is 1. The Bertz CT molecular complexity index is 1220. The minimum absolute atomic E-state index is 0.201. The number of nitrogens with one attached hydrogen (secondary N) is 1. The van der Waals surface area contributed by atoms with Gasteiger partial charge in [-0.25, -0.2) is 19.7 Å². The van der Waals surface area contributed by atoms with E-state index in [1.54, 1.807) is 56.9 Å². The molecule has 9 nitrogen and oxygen atoms in total. The van der Waals surface area contributed by atoms with Crippen molar-refractivity contribution in [2.24, 2.45) is 0 Å². The summed E-state index contributed by atoms with van der Waals surface area (Å²) in [5, 5.41) is 12.0. The number of hydrogen-bond donors (Lipinski definition) is 2. The van der Waals surface area contributed by atoms with Gasteiger partial charge in [0.05, 0.1) is 22.6 Å². The van der Waals surface area contributed by atoms with Crippen molar-refractivity contribution in [2.75, 3.05) is 19.5 Å². The fourth-order valence-corrected chi connectivity index (χ4v) is 2.93. The van der Waals surface area contributed by atoms with Crippen molar-refractivity contribution in [1.82, 2.24) is 19.4 Å². The number of aldehydes is 1. The number of anilines is 2. The molecule has 158 valence electrons. The molecule has 9 heteroatoms. The Morgan fingerprint density at radius 1 is 1.10 bits per heavy atom. The molecular weight excluding hydrogens is 398 g/mol. The van der Waals surface area contributed by atoms with E-state index < -0.39 is 5.97 Å². The van der Waals surface area contributed by atoms with Crippen LogP contribution in [0.1, 0.15) is 26.4 Å². The van der Waals surface area contributed by atoms with Crippen molar-refractivity contribution in [3.63, 3.8) is 0 Å². The van der Waals surface area contributed by atoms with Gasteiger partial charge in [-0.2, -0.15) is 0 Å². The van der Waals surface area contributed by atoms with Crippen molar-refractivity contribution in [3.8, 4) is 11.4 Å². The van der Waals surface area contributed by atoms with Gasteiger partial charge in [0.25, 0.3) is 0 Å². The fourth-order valence-electron chi connectivity index (χ4n) is 2.93. The third-order valence-electron chi connectivity index (χ3n) is 4.24. The van der Waals surface area contributed by atoms with E-state index in [-0.39, 0.29) is 5.56 Å². The van der Waals surface area contributed by atoms with Crippen molar-refractivity contribution in [3.05, 3.63) is 71.7 Å². The molecular formula is C22H21N5O4. The van der Waals surface area contributed by atoms with Crippen LogP contribution in [0.2, 0.25) is 0 Å². The zero-order chi connectivity index (χ0) is 22.4. The first-order valence-corrected chi connectivity index (χ1v) is 9.24. The van der Waals surface area contributed by atoms with Gasteiger partial charge >= 0.3 is 5.97 Å². The zero-order valence-corrected chi connectivity index (χ0v) is 17.2. The second kappa shape index (κ2) is 9.59. The first kappa shape index (κ1) is 21.6. The van der Waals surface area contributed by atoms with E-state index in [9.17, 15) is 9.59 Å². The van der Waals surface area contributed by atoms with Crippen LogP contribution >= 0.6 is 0 Å². The van der Waals surface area contributed by atoms with E-state index in [0.717, 1.165) is 23.3 Å². The molecule has 0 spiro atoms. The monoisotopic (exact) mass is 419 g/mol. The molecule has 3 aromatic heterocycles. The lowest BCUT2D eigenvalue weighted by molar-refractivity contribution is 0.0696. The standard InChI is InChI=1S/C20H15N5O3.C2H6O/c1-12-18(25-10-13(11-26)2-7-17(25)22-12)16-8-9-21-20(24-16)23-15-5-3-14(4-6-15)19(27)28;1-3-2/h2-11H,1H3,(H,27,28)(H,21,23,24);1-2H3. The molecule has 4 aromatic rings. The van der Waals surface area contributed by atoms with Crippen molar-refractivity contribution in [2.45, 2.75) is 6.92 Å². The summed E-state index contributed by atoms with van der Waals surface area (Å²) in [4.78, 5) is 35.4. The summed E-state index contributed by atoms with van der Waals surface area (Å²) in [6, 6.07) is 11.6. The molecule has 0 aliphatic heterocycles. The quantitative estimate of drug-likeness (QED) is 0.471. The first-order valence-electron chi connectivity index (χ1n) is 9.24. The molecule has 0 bridgehead atoms. The van der Waals surface area contributed by atoms with E-state index in [4.69, 9.17) is 5.11 Å². The van der Waals surface area contributed by atoms with Gasteiger partial charge in [0.1, 0.15) is 5.65 Å². The summed E-state index contributed by atoms with van der Waals surface area (Å²) < 4.78 is 6.08. The number of fused-ring (bicyclic) bond motifs is 1. The van der Waals surface area contributed by atoms with Crippen LogP contribution in [0.4, 0.5) is 11.6 Å². The smallest absolute Gasteiger partial charge is 0.335 e. The number of carboxylic acids is 1. The number of nitrogens with zero attached hydrogens (tertiary/aromatic N) is 4. The van der Waals surface area contributed by atoms with Crippen molar-refractivity contribution in [1.29, 1.82) is 0 Å². The van der Waals surface area contributed by atoms with Gasteiger partial charge in [0.2, 0.25) is 5.95 Å². The Balaban J connectivity index is 0.000000858. The van der Waals surface area contributed by atoms with Crippen LogP contribution in [0.5, 0.6) is 0 Å². The number of benzene rings is 1. The Morgan fingerprint density at radius 2 is 1.81 bits per heavy atom. The second-order valence-electron chi connectivity index (χ2n) is 6.54. The summed E-state index contributed by atoms with van der Waals surface area (Å²) >= 11 is 0. The highest BCUT2D eigenvalue weighted by molar-refractivity contribution is 5.88. The molecule has 0 saturated heterocycles. The summed E-state index contributed by atoms with van der Waals surface area (Å²) in [6.07, 6.45) is 4.13. The molecule has 3 heterocycles. The minimum atomic E-state index is -0.984. The average Bonchev–Trinajstić information content (AvgIpc) is 3.09. The third-order valence-corrected chi connectivity index (χ3v) is 4.24. The SMILES string of the molecule is COC.Cc1nc2ccc(C=O)cn2c1-c1ccnc(Nc2ccc(C(=O)O)cc2)n1. The lowest BCUT2D eigenvalue weighted by Crippen LogP contribution is -2.01. The number of ether oxygens (including phenoxy) is 1. The van der Waals surface area contributed by atoms with Crippen LogP contribution in [0, 0.1) is 6.92 Å². The van der Waals surface area contributed by atoms with E-state index in [1.165, 1.54) is 12.1 Å². The van der Waals surface area contributed by atoms with E-state index in [1.807, 2.05) is 11.3 Å². The lowest BCUT2D eigenvalue weighted by atomic mass is 10.2. The molecule has 4 rings (SSSR count). The number of aryl methyl sites for hydroxylation is 1. The molecule has 0 radical (unpaired) electrons. The molecule has 31 heavy (non-hydrogen) atoms. The van der Waals surface area contributed by atoms with Crippen LogP contribution in [0.15, 0.2) is 54.9 Å². The maximum atomic E-state index is 11.1. The number of hydrogen-bond acceptors (Lipinski definition) is 7. The molecule has 0 amide bonds. The summed E-state index contributed by atoms with van der Waals surface area (Å²) in [5.41, 5.74) is 4.32. The van der Waals surface area contributed by atoms with Gasteiger partial charge in [0, 0.05) is 37.9 Å². The molecule has 0 saturated carbocycles. The largest absolute Gasteiger partial charge is 0.478 e. The maximum Gasteiger partial charge on any atom is 0.335 e. The molecule has 0 atom stereocenters. The van der Waals surface area contributed by atoms with Gasteiger partial charge in [0.15, 0.2) is 6.29 Å². The summed E-state index contributed by atoms with van der Waals surface area (Å²) in [6.45, 7) is 1.88. The van der Waals surface area contributed by atoms with Crippen LogP contribution < -0.4 is 5.32 Å². The maximum absolute atomic E-state index is 11.1. The predicted octanol–water partition coefficient (Wildman–Crippen LogP) is 3.62. The van der Waals surface area contributed by atoms with Gasteiger partial charge in [-0.15, -0.1) is 0 Å². The fraction of sp³-hybridized carbons (Fsp3) is 0.136. The highest BCUT2D eigenvalue weighted by Gasteiger charge is 2.14. The number of aromatic carboxylic acids is 1. The second-order valence-corrected chi connectivity index (χ2v) is 6.54. The lowest BCUT2D eigenvalue weighted by Gasteiger charge is -2.08. The summed E-state index contributed by atoms with van der Waals surface area (Å²) in [7, 11) is 3.25. The Morgan fingerprint density at radius 3 is 2.45 bits per heavy atom. The minimum Gasteiger partial charge on any atom is -0.478 e. The highest BCUT2D eigenvalue weighted by atomic mass is 16.4. The van der Waals surface area contributed by atoms with Gasteiger partial charge < -0.3 is 15.2 Å². The van der Waals surface area contributed by atoms with E-state index in [0.29, 0.717) is 22.9 Å². The third kappa shape index (κ3) is 4.90. The summed E-state index contributed by atoms with van der Waals surface area (Å²) in [5.74, 6) is -0.621. The Labute approximate surface area is 178 Å². The number of pyridine rings is 1. The number of methoxy groups -OCH3 is 1. The number of carbonyl (C=O) groups is 2. The highest BCUT2D eigenvalue weighted by Crippen LogP contribution is 2.25. The van der Waals surface area contributed by atoms with E-state index in [2.05, 4.69) is 25.0 Å². The molecule has 0 unspecified atom stereocenters. The normalized spacial score (nSPS) is 10.3. The Hall–Kier alpha value is -4.11. The predicted molar refractivity (Wildman–Crippen MR) is 116 cm³/mol. The molecule has 0 aliphatic rings. The average molecular weight is 419 g/mol. The van der Waals surface area contributed by atoms with Crippen LogP contribution in [-0.4, -0.2) is 50.9 Å². The number of carbonyl (C=O) groups excluding carboxylic acids is 1. The zero-order valence-electron chi connectivity index (χ0n) is 17.2. The van der Waals surface area contributed by atoms with Crippen LogP contribution in [-0.2, 0) is 4.74 Å². The topological polar surface area (TPSA) is 119 Å². The van der Waals surface area contributed by atoms with Gasteiger partial charge in [-0.05, 0) is 49.4 Å². The van der Waals surface area contributed by atoms with Crippen LogP contribution in [0.3, 0.4) is 0 Å². The van der Waals surface area contributed by atoms with Crippen LogP contribution in [0.25, 0.3) is 17.0 Å².